The van der Waals surface area contributed by atoms with E-state index in [0.717, 1.165) is 22.1 Å². The third kappa shape index (κ3) is 2.72. The van der Waals surface area contributed by atoms with Crippen molar-refractivity contribution in [3.05, 3.63) is 80.9 Å². The van der Waals surface area contributed by atoms with Crippen LogP contribution in [0.3, 0.4) is 0 Å². The zero-order valence-electron chi connectivity index (χ0n) is 16.8. The zero-order chi connectivity index (χ0) is 21.7. The highest BCUT2D eigenvalue weighted by atomic mass is 16.1. The number of nitrogens with zero attached hydrogens (tertiary/aromatic N) is 4. The number of imidazole rings is 2. The number of allylic oxidation sites excluding steroid dienone is 1. The Labute approximate surface area is 176 Å². The first-order valence-electron chi connectivity index (χ1n) is 9.66. The lowest BCUT2D eigenvalue weighted by Crippen LogP contribution is -2.18. The SMILES string of the molecule is Cc1ccc2nc(/C(C#N)=C\c3c(C)c(C#N)c4[nH]c5ccccc5n4c3=O)[nH]c2c1. The first-order valence-corrected chi connectivity index (χ1v) is 9.66. The molecule has 0 amide bonds. The molecule has 2 aromatic carbocycles. The van der Waals surface area contributed by atoms with Crippen molar-refractivity contribution in [1.29, 1.82) is 10.5 Å². The van der Waals surface area contributed by atoms with Gasteiger partial charge < -0.3 is 9.97 Å². The number of nitriles is 2. The number of aryl methyl sites for hydroxylation is 1. The van der Waals surface area contributed by atoms with Gasteiger partial charge in [0, 0.05) is 5.56 Å². The normalized spacial score (nSPS) is 11.8. The second-order valence-electron chi connectivity index (χ2n) is 7.43. The highest BCUT2D eigenvalue weighted by Gasteiger charge is 2.19. The Kier molecular flexibility index (Phi) is 3.99. The monoisotopic (exact) mass is 404 g/mol. The smallest absolute Gasteiger partial charge is 0.264 e. The van der Waals surface area contributed by atoms with Crippen LogP contribution in [0, 0.1) is 36.5 Å². The number of H-pyrrole nitrogens is 2. The van der Waals surface area contributed by atoms with E-state index in [1.54, 1.807) is 6.92 Å². The zero-order valence-corrected chi connectivity index (χ0v) is 16.8. The number of fused-ring (bicyclic) bond motifs is 4. The molecule has 0 aliphatic heterocycles. The van der Waals surface area contributed by atoms with Crippen molar-refractivity contribution in [1.82, 2.24) is 19.4 Å². The van der Waals surface area contributed by atoms with Crippen molar-refractivity contribution in [2.75, 3.05) is 0 Å². The minimum atomic E-state index is -0.302. The van der Waals surface area contributed by atoms with E-state index in [0.29, 0.717) is 28.1 Å². The molecule has 5 rings (SSSR count). The molecule has 5 aromatic rings. The van der Waals surface area contributed by atoms with Crippen LogP contribution >= 0.6 is 0 Å². The van der Waals surface area contributed by atoms with Gasteiger partial charge in [0.25, 0.3) is 5.56 Å². The van der Waals surface area contributed by atoms with Gasteiger partial charge >= 0.3 is 0 Å². The Balaban J connectivity index is 1.81. The van der Waals surface area contributed by atoms with Crippen molar-refractivity contribution >= 4 is 39.4 Å². The van der Waals surface area contributed by atoms with Crippen LogP contribution in [0.4, 0.5) is 0 Å². The van der Waals surface area contributed by atoms with Crippen LogP contribution in [0.15, 0.2) is 47.3 Å². The molecule has 3 heterocycles. The number of rotatable bonds is 2. The van der Waals surface area contributed by atoms with Gasteiger partial charge in [-0.1, -0.05) is 18.2 Å². The molecule has 3 aromatic heterocycles. The molecule has 0 spiro atoms. The van der Waals surface area contributed by atoms with Crippen molar-refractivity contribution in [3.8, 4) is 12.1 Å². The van der Waals surface area contributed by atoms with Gasteiger partial charge in [-0.2, -0.15) is 10.5 Å². The summed E-state index contributed by atoms with van der Waals surface area (Å²) in [7, 11) is 0. The number of nitrogens with one attached hydrogen (secondary N) is 2. The van der Waals surface area contributed by atoms with E-state index in [2.05, 4.69) is 27.1 Å². The molecule has 7 nitrogen and oxygen atoms in total. The summed E-state index contributed by atoms with van der Waals surface area (Å²) < 4.78 is 1.49. The number of pyridine rings is 1. The topological polar surface area (TPSA) is 114 Å². The summed E-state index contributed by atoms with van der Waals surface area (Å²) in [4.78, 5) is 24.3. The molecule has 0 bridgehead atoms. The summed E-state index contributed by atoms with van der Waals surface area (Å²) in [6, 6.07) is 17.5. The van der Waals surface area contributed by atoms with Crippen LogP contribution in [0.2, 0.25) is 0 Å². The van der Waals surface area contributed by atoms with Crippen LogP contribution in [0.5, 0.6) is 0 Å². The van der Waals surface area contributed by atoms with E-state index in [4.69, 9.17) is 0 Å². The van der Waals surface area contributed by atoms with Crippen LogP contribution < -0.4 is 5.56 Å². The summed E-state index contributed by atoms with van der Waals surface area (Å²) in [5, 5.41) is 19.6. The average molecular weight is 404 g/mol. The Bertz CT molecular complexity index is 1700. The predicted molar refractivity (Wildman–Crippen MR) is 119 cm³/mol. The Morgan fingerprint density at radius 2 is 1.90 bits per heavy atom. The molecule has 0 saturated heterocycles. The van der Waals surface area contributed by atoms with Crippen LogP contribution in [-0.4, -0.2) is 19.4 Å². The standard InChI is InChI=1S/C24H16N6O/c1-13-7-8-18-20(9-13)28-22(27-18)15(11-25)10-16-14(2)17(12-26)23-29-19-5-3-4-6-21(19)30(23)24(16)31/h3-10,29H,1-2H3,(H,27,28)/b15-10-. The molecule has 148 valence electrons. The van der Waals surface area contributed by atoms with Crippen molar-refractivity contribution in [2.45, 2.75) is 13.8 Å². The number of aromatic nitrogens is 4. The van der Waals surface area contributed by atoms with Gasteiger partial charge in [-0.15, -0.1) is 0 Å². The van der Waals surface area contributed by atoms with Crippen LogP contribution in [-0.2, 0) is 0 Å². The highest BCUT2D eigenvalue weighted by molar-refractivity contribution is 5.92. The number of hydrogen-bond donors (Lipinski definition) is 2. The lowest BCUT2D eigenvalue weighted by molar-refractivity contribution is 1.11. The molecule has 0 fully saturated rings. The van der Waals surface area contributed by atoms with Gasteiger partial charge in [-0.05, 0) is 55.3 Å². The highest BCUT2D eigenvalue weighted by Crippen LogP contribution is 2.24. The fourth-order valence-corrected chi connectivity index (χ4v) is 3.91. The van der Waals surface area contributed by atoms with E-state index in [-0.39, 0.29) is 16.7 Å². The van der Waals surface area contributed by atoms with Crippen LogP contribution in [0.25, 0.3) is 39.4 Å². The maximum absolute atomic E-state index is 13.4. The Morgan fingerprint density at radius 3 is 2.68 bits per heavy atom. The average Bonchev–Trinajstić information content (AvgIpc) is 3.35. The predicted octanol–water partition coefficient (Wildman–Crippen LogP) is 4.21. The van der Waals surface area contributed by atoms with Gasteiger partial charge in [0.2, 0.25) is 0 Å². The van der Waals surface area contributed by atoms with Gasteiger partial charge in [-0.25, -0.2) is 4.98 Å². The van der Waals surface area contributed by atoms with Crippen LogP contribution in [0.1, 0.15) is 28.1 Å². The minimum Gasteiger partial charge on any atom is -0.338 e. The third-order valence-electron chi connectivity index (χ3n) is 5.48. The molecule has 0 saturated carbocycles. The van der Waals surface area contributed by atoms with Crippen molar-refractivity contribution in [3.63, 3.8) is 0 Å². The van der Waals surface area contributed by atoms with E-state index in [1.165, 1.54) is 10.5 Å². The molecule has 0 unspecified atom stereocenters. The summed E-state index contributed by atoms with van der Waals surface area (Å²) in [5.41, 5.74) is 5.57. The molecule has 0 radical (unpaired) electrons. The second kappa shape index (κ2) is 6.72. The maximum atomic E-state index is 13.4. The van der Waals surface area contributed by atoms with Crippen molar-refractivity contribution < 1.29 is 0 Å². The quantitative estimate of drug-likeness (QED) is 0.429. The minimum absolute atomic E-state index is 0.220. The molecule has 7 heteroatoms. The van der Waals surface area contributed by atoms with E-state index >= 15 is 0 Å². The number of para-hydroxylation sites is 2. The summed E-state index contributed by atoms with van der Waals surface area (Å²) >= 11 is 0. The third-order valence-corrected chi connectivity index (χ3v) is 5.48. The van der Waals surface area contributed by atoms with Gasteiger partial charge in [0.15, 0.2) is 0 Å². The largest absolute Gasteiger partial charge is 0.338 e. The summed E-state index contributed by atoms with van der Waals surface area (Å²) in [6.07, 6.45) is 1.51. The van der Waals surface area contributed by atoms with E-state index in [9.17, 15) is 15.3 Å². The molecule has 2 N–H and O–H groups in total. The fraction of sp³-hybridized carbons (Fsp3) is 0.0833. The lowest BCUT2D eigenvalue weighted by atomic mass is 10.0. The maximum Gasteiger partial charge on any atom is 0.264 e. The Hall–Kier alpha value is -4.62. The molecular formula is C24H16N6O. The molecule has 0 atom stereocenters. The molecule has 0 aliphatic carbocycles. The molecular weight excluding hydrogens is 388 g/mol. The van der Waals surface area contributed by atoms with Gasteiger partial charge in [-0.3, -0.25) is 9.20 Å². The van der Waals surface area contributed by atoms with Crippen molar-refractivity contribution in [2.24, 2.45) is 0 Å². The fourth-order valence-electron chi connectivity index (χ4n) is 3.91. The molecule has 0 aliphatic rings. The molecule has 31 heavy (non-hydrogen) atoms. The van der Waals surface area contributed by atoms with Gasteiger partial charge in [0.05, 0.1) is 33.2 Å². The summed E-state index contributed by atoms with van der Waals surface area (Å²) in [6.45, 7) is 3.69. The number of benzene rings is 2. The number of hydrogen-bond acceptors (Lipinski definition) is 4. The summed E-state index contributed by atoms with van der Waals surface area (Å²) in [5.74, 6) is 0.379. The Morgan fingerprint density at radius 1 is 1.10 bits per heavy atom. The van der Waals surface area contributed by atoms with E-state index in [1.807, 2.05) is 49.4 Å². The second-order valence-corrected chi connectivity index (χ2v) is 7.43. The van der Waals surface area contributed by atoms with Gasteiger partial charge in [0.1, 0.15) is 23.6 Å². The van der Waals surface area contributed by atoms with E-state index < -0.39 is 0 Å². The lowest BCUT2D eigenvalue weighted by Gasteiger charge is -2.06. The first kappa shape index (κ1) is 18.4. The number of aromatic amines is 2. The first-order chi connectivity index (χ1) is 15.0.